The van der Waals surface area contributed by atoms with Gasteiger partial charge >= 0.3 is 6.18 Å². The summed E-state index contributed by atoms with van der Waals surface area (Å²) in [7, 11) is 0. The molecule has 0 aliphatic carbocycles. The topological polar surface area (TPSA) is 29.1 Å². The van der Waals surface area contributed by atoms with Crippen LogP contribution in [-0.4, -0.2) is 12.3 Å². The van der Waals surface area contributed by atoms with Crippen molar-refractivity contribution in [3.05, 3.63) is 35.4 Å². The van der Waals surface area contributed by atoms with E-state index in [9.17, 15) is 18.0 Å². The van der Waals surface area contributed by atoms with Gasteiger partial charge in [0.1, 0.15) is 0 Å². The fraction of sp³-hybridized carbons (Fsp3) is 0.417. The van der Waals surface area contributed by atoms with Crippen molar-refractivity contribution in [2.75, 3.05) is 6.54 Å². The number of hydrogen-bond acceptors (Lipinski definition) is 2. The molecule has 17 heavy (non-hydrogen) atoms. The van der Waals surface area contributed by atoms with Crippen LogP contribution in [0.3, 0.4) is 0 Å². The zero-order valence-electron chi connectivity index (χ0n) is 9.05. The maximum Gasteiger partial charge on any atom is 0.416 e. The molecule has 2 rings (SSSR count). The Morgan fingerprint density at radius 3 is 2.35 bits per heavy atom. The number of benzene rings is 1. The van der Waals surface area contributed by atoms with Gasteiger partial charge in [-0.25, -0.2) is 0 Å². The van der Waals surface area contributed by atoms with E-state index >= 15 is 0 Å². The highest BCUT2D eigenvalue weighted by Gasteiger charge is 2.31. The summed E-state index contributed by atoms with van der Waals surface area (Å²) in [6, 6.07) is 4.30. The Labute approximate surface area is 96.8 Å². The Bertz CT molecular complexity index is 411. The average Bonchev–Trinajstić information content (AvgIpc) is 2.29. The van der Waals surface area contributed by atoms with Gasteiger partial charge in [-0.1, -0.05) is 12.1 Å². The van der Waals surface area contributed by atoms with Crippen LogP contribution >= 0.6 is 0 Å². The first-order valence-electron chi connectivity index (χ1n) is 5.42. The van der Waals surface area contributed by atoms with Crippen molar-refractivity contribution in [3.63, 3.8) is 0 Å². The summed E-state index contributed by atoms with van der Waals surface area (Å²) in [5, 5.41) is 3.01. The molecule has 0 bridgehead atoms. The van der Waals surface area contributed by atoms with Gasteiger partial charge in [0.15, 0.2) is 5.78 Å². The van der Waals surface area contributed by atoms with Gasteiger partial charge in [-0.3, -0.25) is 4.79 Å². The first-order chi connectivity index (χ1) is 7.98. The van der Waals surface area contributed by atoms with Gasteiger partial charge < -0.3 is 5.32 Å². The lowest BCUT2D eigenvalue weighted by Gasteiger charge is -2.22. The maximum atomic E-state index is 12.4. The quantitative estimate of drug-likeness (QED) is 0.821. The molecular formula is C12H12F3NO. The van der Waals surface area contributed by atoms with Crippen LogP contribution in [-0.2, 0) is 11.0 Å². The summed E-state index contributed by atoms with van der Waals surface area (Å²) in [4.78, 5) is 11.6. The van der Waals surface area contributed by atoms with Crippen LogP contribution in [0.25, 0.3) is 0 Å². The molecule has 1 heterocycles. The largest absolute Gasteiger partial charge is 0.416 e. The van der Waals surface area contributed by atoms with Gasteiger partial charge in [-0.15, -0.1) is 0 Å². The van der Waals surface area contributed by atoms with Crippen LogP contribution in [0.2, 0.25) is 0 Å². The normalized spacial score (nSPS) is 21.6. The molecule has 0 saturated carbocycles. The number of piperidine rings is 1. The van der Waals surface area contributed by atoms with Gasteiger partial charge in [0, 0.05) is 6.42 Å². The summed E-state index contributed by atoms with van der Waals surface area (Å²) in [6.07, 6.45) is -3.06. The summed E-state index contributed by atoms with van der Waals surface area (Å²) in [5.41, 5.74) is -0.0905. The molecule has 0 radical (unpaired) electrons. The molecule has 92 valence electrons. The van der Waals surface area contributed by atoms with Gasteiger partial charge in [0.05, 0.1) is 11.6 Å². The lowest BCUT2D eigenvalue weighted by atomic mass is 9.95. The third-order valence-electron chi connectivity index (χ3n) is 2.84. The fourth-order valence-electron chi connectivity index (χ4n) is 1.94. The van der Waals surface area contributed by atoms with Crippen LogP contribution in [0.5, 0.6) is 0 Å². The number of nitrogens with one attached hydrogen (secondary N) is 1. The Hall–Kier alpha value is -1.36. The number of rotatable bonds is 1. The Morgan fingerprint density at radius 1 is 1.18 bits per heavy atom. The highest BCUT2D eigenvalue weighted by atomic mass is 19.4. The van der Waals surface area contributed by atoms with Crippen LogP contribution in [0.4, 0.5) is 13.2 Å². The number of halogens is 3. The SMILES string of the molecule is O=C1CCCNC1c1ccc(C(F)(F)F)cc1. The number of carbonyl (C=O) groups excluding carboxylic acids is 1. The number of Topliss-reactive ketones (excluding diaryl/α,β-unsaturated/α-hetero) is 1. The van der Waals surface area contributed by atoms with E-state index in [0.29, 0.717) is 12.0 Å². The number of ketones is 1. The molecule has 0 spiro atoms. The highest BCUT2D eigenvalue weighted by molar-refractivity contribution is 5.85. The first kappa shape index (κ1) is 12.1. The number of carbonyl (C=O) groups is 1. The predicted octanol–water partition coefficient (Wildman–Crippen LogP) is 2.70. The van der Waals surface area contributed by atoms with Crippen LogP contribution in [0.1, 0.15) is 30.0 Å². The van der Waals surface area contributed by atoms with Gasteiger partial charge in [0.2, 0.25) is 0 Å². The van der Waals surface area contributed by atoms with E-state index in [1.54, 1.807) is 0 Å². The molecule has 2 nitrogen and oxygen atoms in total. The van der Waals surface area contributed by atoms with Crippen molar-refractivity contribution in [3.8, 4) is 0 Å². The molecule has 1 aliphatic rings. The predicted molar refractivity (Wildman–Crippen MR) is 56.4 cm³/mol. The molecule has 1 N–H and O–H groups in total. The van der Waals surface area contributed by atoms with Crippen molar-refractivity contribution in [1.29, 1.82) is 0 Å². The zero-order chi connectivity index (χ0) is 12.5. The molecule has 0 aromatic heterocycles. The van der Waals surface area contributed by atoms with E-state index in [0.717, 1.165) is 25.1 Å². The zero-order valence-corrected chi connectivity index (χ0v) is 9.05. The lowest BCUT2D eigenvalue weighted by Crippen LogP contribution is -2.34. The molecule has 1 saturated heterocycles. The van der Waals surface area contributed by atoms with Crippen molar-refractivity contribution in [1.82, 2.24) is 5.32 Å². The van der Waals surface area contributed by atoms with E-state index < -0.39 is 17.8 Å². The van der Waals surface area contributed by atoms with Crippen LogP contribution in [0, 0.1) is 0 Å². The molecule has 1 aromatic rings. The summed E-state index contributed by atoms with van der Waals surface area (Å²) >= 11 is 0. The molecule has 1 atom stereocenters. The highest BCUT2D eigenvalue weighted by Crippen LogP contribution is 2.30. The monoisotopic (exact) mass is 243 g/mol. The third kappa shape index (κ3) is 2.66. The van der Waals surface area contributed by atoms with Crippen molar-refractivity contribution in [2.45, 2.75) is 25.1 Å². The molecule has 1 fully saturated rings. The second kappa shape index (κ2) is 4.49. The molecule has 1 unspecified atom stereocenters. The van der Waals surface area contributed by atoms with Crippen LogP contribution < -0.4 is 5.32 Å². The van der Waals surface area contributed by atoms with Gasteiger partial charge in [-0.2, -0.15) is 13.2 Å². The summed E-state index contributed by atoms with van der Waals surface area (Å²) in [5.74, 6) is 0.0380. The molecular weight excluding hydrogens is 231 g/mol. The van der Waals surface area contributed by atoms with Gasteiger partial charge in [0.25, 0.3) is 0 Å². The van der Waals surface area contributed by atoms with Crippen molar-refractivity contribution in [2.24, 2.45) is 0 Å². The second-order valence-electron chi connectivity index (χ2n) is 4.08. The van der Waals surface area contributed by atoms with E-state index in [1.807, 2.05) is 0 Å². The molecule has 0 amide bonds. The summed E-state index contributed by atoms with van der Waals surface area (Å²) < 4.78 is 37.1. The minimum absolute atomic E-state index is 0.0380. The number of alkyl halides is 3. The van der Waals surface area contributed by atoms with Crippen molar-refractivity contribution < 1.29 is 18.0 Å². The lowest BCUT2D eigenvalue weighted by molar-refractivity contribution is -0.137. The van der Waals surface area contributed by atoms with Crippen molar-refractivity contribution >= 4 is 5.78 Å². The molecule has 5 heteroatoms. The average molecular weight is 243 g/mol. The van der Waals surface area contributed by atoms with E-state index in [1.165, 1.54) is 12.1 Å². The molecule has 1 aromatic carbocycles. The van der Waals surface area contributed by atoms with E-state index in [2.05, 4.69) is 5.32 Å². The van der Waals surface area contributed by atoms with E-state index in [-0.39, 0.29) is 5.78 Å². The Balaban J connectivity index is 2.20. The van der Waals surface area contributed by atoms with Crippen LogP contribution in [0.15, 0.2) is 24.3 Å². The minimum Gasteiger partial charge on any atom is -0.304 e. The fourth-order valence-corrected chi connectivity index (χ4v) is 1.94. The first-order valence-corrected chi connectivity index (χ1v) is 5.42. The number of hydrogen-bond donors (Lipinski definition) is 1. The summed E-state index contributed by atoms with van der Waals surface area (Å²) in [6.45, 7) is 0.720. The van der Waals surface area contributed by atoms with Gasteiger partial charge in [-0.05, 0) is 30.7 Å². The Morgan fingerprint density at radius 2 is 1.82 bits per heavy atom. The second-order valence-corrected chi connectivity index (χ2v) is 4.08. The molecule has 1 aliphatic heterocycles. The van der Waals surface area contributed by atoms with E-state index in [4.69, 9.17) is 0 Å². The standard InChI is InChI=1S/C12H12F3NO/c13-12(14,15)9-5-3-8(4-6-9)11-10(17)2-1-7-16-11/h3-6,11,16H,1-2,7H2. The smallest absolute Gasteiger partial charge is 0.304 e. The minimum atomic E-state index is -4.33. The Kier molecular flexibility index (Phi) is 3.19. The maximum absolute atomic E-state index is 12.4. The third-order valence-corrected chi connectivity index (χ3v) is 2.84.